The molecule has 0 fully saturated rings. The van der Waals surface area contributed by atoms with E-state index in [9.17, 15) is 9.90 Å². The number of carboxylic acid groups (broad SMARTS) is 1. The van der Waals surface area contributed by atoms with Crippen LogP contribution in [0, 0.1) is 0 Å². The van der Waals surface area contributed by atoms with Crippen molar-refractivity contribution in [2.75, 3.05) is 11.4 Å². The molecule has 2 N–H and O–H groups in total. The largest absolute Gasteiger partial charge is 0.508 e. The Bertz CT molecular complexity index is 645. The van der Waals surface area contributed by atoms with Gasteiger partial charge in [0.2, 0.25) is 0 Å². The summed E-state index contributed by atoms with van der Waals surface area (Å²) in [5.74, 6) is -0.775. The van der Waals surface area contributed by atoms with Gasteiger partial charge in [-0.05, 0) is 42.8 Å². The molecule has 0 aliphatic carbocycles. The average Bonchev–Trinajstić information content (AvgIpc) is 2.44. The third-order valence-corrected chi connectivity index (χ3v) is 3.50. The van der Waals surface area contributed by atoms with Crippen LogP contribution in [0.5, 0.6) is 5.75 Å². The van der Waals surface area contributed by atoms with Gasteiger partial charge in [0.05, 0.1) is 6.04 Å². The van der Waals surface area contributed by atoms with Gasteiger partial charge in [-0.2, -0.15) is 0 Å². The van der Waals surface area contributed by atoms with Gasteiger partial charge in [-0.15, -0.1) is 0 Å². The van der Waals surface area contributed by atoms with Crippen LogP contribution in [0.15, 0.2) is 48.5 Å². The zero-order valence-corrected chi connectivity index (χ0v) is 12.3. The highest BCUT2D eigenvalue weighted by molar-refractivity contribution is 6.30. The lowest BCUT2D eigenvalue weighted by Gasteiger charge is -2.30. The van der Waals surface area contributed by atoms with Gasteiger partial charge in [-0.1, -0.05) is 29.8 Å². The van der Waals surface area contributed by atoms with E-state index in [1.807, 2.05) is 19.1 Å². The monoisotopic (exact) mass is 305 g/mol. The Hall–Kier alpha value is -2.20. The Kier molecular flexibility index (Phi) is 4.70. The van der Waals surface area contributed by atoms with Crippen molar-refractivity contribution in [2.24, 2.45) is 0 Å². The molecule has 0 saturated heterocycles. The van der Waals surface area contributed by atoms with Gasteiger partial charge in [0.25, 0.3) is 0 Å². The number of nitrogens with zero attached hydrogens (tertiary/aromatic N) is 1. The lowest BCUT2D eigenvalue weighted by molar-refractivity contribution is -0.135. The van der Waals surface area contributed by atoms with Gasteiger partial charge in [0.1, 0.15) is 12.3 Å². The summed E-state index contributed by atoms with van der Waals surface area (Å²) in [5.41, 5.74) is 1.55. The van der Waals surface area contributed by atoms with Crippen molar-refractivity contribution in [2.45, 2.75) is 13.0 Å². The van der Waals surface area contributed by atoms with E-state index in [2.05, 4.69) is 0 Å². The number of phenols is 1. The Labute approximate surface area is 128 Å². The second-order valence-electron chi connectivity index (χ2n) is 4.77. The highest BCUT2D eigenvalue weighted by Crippen LogP contribution is 2.29. The van der Waals surface area contributed by atoms with E-state index < -0.39 is 5.97 Å². The standard InChI is InChI=1S/C16H16ClNO3/c1-11(12-4-2-7-15(19)8-12)18(10-16(20)21)14-6-3-5-13(17)9-14/h2-9,11,19H,10H2,1H3,(H,20,21). The maximum Gasteiger partial charge on any atom is 0.323 e. The van der Waals surface area contributed by atoms with Crippen LogP contribution in [0.3, 0.4) is 0 Å². The third-order valence-electron chi connectivity index (χ3n) is 3.27. The number of carbonyl (C=O) groups is 1. The highest BCUT2D eigenvalue weighted by atomic mass is 35.5. The predicted octanol–water partition coefficient (Wildman–Crippen LogP) is 3.70. The number of aliphatic carboxylic acids is 1. The first-order valence-corrected chi connectivity index (χ1v) is 6.88. The van der Waals surface area contributed by atoms with Crippen molar-refractivity contribution in [3.8, 4) is 5.75 Å². The van der Waals surface area contributed by atoms with Crippen molar-refractivity contribution in [3.05, 3.63) is 59.1 Å². The minimum Gasteiger partial charge on any atom is -0.508 e. The quantitative estimate of drug-likeness (QED) is 0.884. The number of carboxylic acids is 1. The maximum absolute atomic E-state index is 11.1. The Morgan fingerprint density at radius 3 is 2.57 bits per heavy atom. The van der Waals surface area contributed by atoms with E-state index in [0.29, 0.717) is 5.02 Å². The van der Waals surface area contributed by atoms with Crippen LogP contribution in [-0.4, -0.2) is 22.7 Å². The van der Waals surface area contributed by atoms with E-state index in [-0.39, 0.29) is 18.3 Å². The topological polar surface area (TPSA) is 60.8 Å². The van der Waals surface area contributed by atoms with Crippen LogP contribution in [0.4, 0.5) is 5.69 Å². The van der Waals surface area contributed by atoms with Gasteiger partial charge in [0, 0.05) is 10.7 Å². The van der Waals surface area contributed by atoms with E-state index >= 15 is 0 Å². The zero-order valence-electron chi connectivity index (χ0n) is 11.5. The van der Waals surface area contributed by atoms with E-state index in [1.54, 1.807) is 41.3 Å². The molecule has 0 aliphatic heterocycles. The molecule has 0 spiro atoms. The molecule has 2 rings (SSSR count). The van der Waals surface area contributed by atoms with Gasteiger partial charge < -0.3 is 15.1 Å². The van der Waals surface area contributed by atoms with Gasteiger partial charge in [0.15, 0.2) is 0 Å². The molecule has 4 nitrogen and oxygen atoms in total. The van der Waals surface area contributed by atoms with E-state index in [0.717, 1.165) is 11.3 Å². The second-order valence-corrected chi connectivity index (χ2v) is 5.21. The number of aromatic hydroxyl groups is 1. The van der Waals surface area contributed by atoms with Crippen molar-refractivity contribution in [1.29, 1.82) is 0 Å². The number of rotatable bonds is 5. The molecule has 1 atom stereocenters. The van der Waals surface area contributed by atoms with Crippen LogP contribution in [0.1, 0.15) is 18.5 Å². The summed E-state index contributed by atoms with van der Waals surface area (Å²) in [6.07, 6.45) is 0. The fourth-order valence-electron chi connectivity index (χ4n) is 2.22. The Morgan fingerprint density at radius 1 is 1.24 bits per heavy atom. The number of benzene rings is 2. The summed E-state index contributed by atoms with van der Waals surface area (Å²) in [5, 5.41) is 19.3. The number of hydrogen-bond acceptors (Lipinski definition) is 3. The van der Waals surface area contributed by atoms with Crippen molar-refractivity contribution in [3.63, 3.8) is 0 Å². The Morgan fingerprint density at radius 2 is 1.95 bits per heavy atom. The molecule has 0 radical (unpaired) electrons. The molecule has 0 saturated carbocycles. The van der Waals surface area contributed by atoms with Crippen molar-refractivity contribution >= 4 is 23.3 Å². The first-order valence-electron chi connectivity index (χ1n) is 6.50. The van der Waals surface area contributed by atoms with Crippen LogP contribution in [-0.2, 0) is 4.79 Å². The molecule has 0 aromatic heterocycles. The summed E-state index contributed by atoms with van der Waals surface area (Å²) >= 11 is 5.99. The lowest BCUT2D eigenvalue weighted by atomic mass is 10.1. The lowest BCUT2D eigenvalue weighted by Crippen LogP contribution is -2.32. The third kappa shape index (κ3) is 3.89. The molecule has 0 bridgehead atoms. The molecule has 0 heterocycles. The fraction of sp³-hybridized carbons (Fsp3) is 0.188. The number of phenolic OH excluding ortho intramolecular Hbond substituents is 1. The minimum atomic E-state index is -0.929. The first kappa shape index (κ1) is 15.2. The Balaban J connectivity index is 2.38. The minimum absolute atomic E-state index is 0.153. The summed E-state index contributed by atoms with van der Waals surface area (Å²) in [6.45, 7) is 1.73. The number of halogens is 1. The summed E-state index contributed by atoms with van der Waals surface area (Å²) in [4.78, 5) is 12.9. The molecule has 0 amide bonds. The smallest absolute Gasteiger partial charge is 0.323 e. The predicted molar refractivity (Wildman–Crippen MR) is 83.0 cm³/mol. The summed E-state index contributed by atoms with van der Waals surface area (Å²) in [6, 6.07) is 13.6. The van der Waals surface area contributed by atoms with Gasteiger partial charge in [-0.3, -0.25) is 4.79 Å². The highest BCUT2D eigenvalue weighted by Gasteiger charge is 2.19. The van der Waals surface area contributed by atoms with Crippen molar-refractivity contribution < 1.29 is 15.0 Å². The molecule has 2 aromatic carbocycles. The number of hydrogen-bond donors (Lipinski definition) is 2. The summed E-state index contributed by atoms with van der Waals surface area (Å²) in [7, 11) is 0. The zero-order chi connectivity index (χ0) is 15.4. The van der Waals surface area contributed by atoms with Crippen LogP contribution < -0.4 is 4.90 Å². The second kappa shape index (κ2) is 6.50. The van der Waals surface area contributed by atoms with Crippen LogP contribution >= 0.6 is 11.6 Å². The molecule has 0 aliphatic rings. The molecule has 1 unspecified atom stereocenters. The van der Waals surface area contributed by atoms with Gasteiger partial charge >= 0.3 is 5.97 Å². The number of anilines is 1. The molecule has 5 heteroatoms. The molecular formula is C16H16ClNO3. The van der Waals surface area contributed by atoms with E-state index in [1.165, 1.54) is 0 Å². The fourth-order valence-corrected chi connectivity index (χ4v) is 2.40. The molecule has 21 heavy (non-hydrogen) atoms. The molecule has 2 aromatic rings. The SMILES string of the molecule is CC(c1cccc(O)c1)N(CC(=O)O)c1cccc(Cl)c1. The van der Waals surface area contributed by atoms with Gasteiger partial charge in [-0.25, -0.2) is 0 Å². The molecular weight excluding hydrogens is 290 g/mol. The summed E-state index contributed by atoms with van der Waals surface area (Å²) < 4.78 is 0. The maximum atomic E-state index is 11.1. The average molecular weight is 306 g/mol. The normalized spacial score (nSPS) is 11.9. The molecule has 110 valence electrons. The first-order chi connectivity index (χ1) is 9.97. The van der Waals surface area contributed by atoms with Crippen LogP contribution in [0.25, 0.3) is 0 Å². The van der Waals surface area contributed by atoms with Crippen LogP contribution in [0.2, 0.25) is 5.02 Å². The van der Waals surface area contributed by atoms with Crippen molar-refractivity contribution in [1.82, 2.24) is 0 Å². The van der Waals surface area contributed by atoms with E-state index in [4.69, 9.17) is 16.7 Å².